The molecule has 0 heterocycles. The van der Waals surface area contributed by atoms with Gasteiger partial charge in [-0.1, -0.05) is 26.0 Å². The maximum atomic E-state index is 6.09. The van der Waals surface area contributed by atoms with Crippen LogP contribution in [0.5, 0.6) is 5.75 Å². The number of rotatable bonds is 6. The minimum absolute atomic E-state index is 0.0329. The fourth-order valence-corrected chi connectivity index (χ4v) is 1.55. The molecule has 0 aliphatic heterocycles. The fraction of sp³-hybridized carbons (Fsp3) is 0.571. The summed E-state index contributed by atoms with van der Waals surface area (Å²) >= 11 is 0. The van der Waals surface area contributed by atoms with E-state index in [-0.39, 0.29) is 12.1 Å². The average Bonchev–Trinajstić information content (AvgIpc) is 2.26. The molecule has 0 fully saturated rings. The van der Waals surface area contributed by atoms with E-state index in [1.807, 2.05) is 38.1 Å². The minimum atomic E-state index is 0.0329. The third-order valence-electron chi connectivity index (χ3n) is 2.43. The summed E-state index contributed by atoms with van der Waals surface area (Å²) in [4.78, 5) is 0. The molecule has 0 saturated heterocycles. The lowest BCUT2D eigenvalue weighted by atomic mass is 10.1. The van der Waals surface area contributed by atoms with Crippen LogP contribution in [0.3, 0.4) is 0 Å². The summed E-state index contributed by atoms with van der Waals surface area (Å²) in [6, 6.07) is 8.51. The molecule has 3 N–H and O–H groups in total. The molecule has 0 spiro atoms. The van der Waals surface area contributed by atoms with Crippen molar-refractivity contribution in [1.82, 2.24) is 5.32 Å². The van der Waals surface area contributed by atoms with E-state index in [1.54, 1.807) is 0 Å². The molecule has 3 nitrogen and oxygen atoms in total. The number of nitrogens with one attached hydrogen (secondary N) is 1. The van der Waals surface area contributed by atoms with Crippen LogP contribution >= 0.6 is 0 Å². The predicted molar refractivity (Wildman–Crippen MR) is 72.3 cm³/mol. The van der Waals surface area contributed by atoms with Gasteiger partial charge in [-0.2, -0.15) is 0 Å². The summed E-state index contributed by atoms with van der Waals surface area (Å²) in [5, 5.41) is 3.33. The molecule has 1 atom stereocenters. The third-order valence-corrected chi connectivity index (χ3v) is 2.43. The molecular formula is C14H24N2O. The molecule has 1 unspecified atom stereocenters. The van der Waals surface area contributed by atoms with Crippen molar-refractivity contribution in [2.24, 2.45) is 5.73 Å². The van der Waals surface area contributed by atoms with Gasteiger partial charge in [0.25, 0.3) is 0 Å². The lowest BCUT2D eigenvalue weighted by Gasteiger charge is -2.16. The maximum Gasteiger partial charge on any atom is 0.119 e. The van der Waals surface area contributed by atoms with Crippen molar-refractivity contribution in [1.29, 1.82) is 0 Å². The highest BCUT2D eigenvalue weighted by atomic mass is 16.5. The summed E-state index contributed by atoms with van der Waals surface area (Å²) in [6.45, 7) is 9.07. The summed E-state index contributed by atoms with van der Waals surface area (Å²) in [6.07, 6.45) is 0.206. The zero-order valence-corrected chi connectivity index (χ0v) is 11.2. The number of nitrogens with two attached hydrogens (primary N) is 1. The highest BCUT2D eigenvalue weighted by molar-refractivity contribution is 5.29. The Bertz CT molecular complexity index is 319. The normalized spacial score (nSPS) is 13.1. The van der Waals surface area contributed by atoms with Gasteiger partial charge in [-0.05, 0) is 31.5 Å². The van der Waals surface area contributed by atoms with Gasteiger partial charge in [-0.15, -0.1) is 0 Å². The topological polar surface area (TPSA) is 47.3 Å². The lowest BCUT2D eigenvalue weighted by molar-refractivity contribution is 0.242. The van der Waals surface area contributed by atoms with Crippen LogP contribution in [-0.2, 0) is 0 Å². The van der Waals surface area contributed by atoms with Crippen LogP contribution in [0.1, 0.15) is 39.3 Å². The first-order valence-electron chi connectivity index (χ1n) is 6.24. The molecule has 1 aromatic rings. The van der Waals surface area contributed by atoms with Crippen LogP contribution in [-0.4, -0.2) is 18.7 Å². The van der Waals surface area contributed by atoms with Crippen LogP contribution in [0.2, 0.25) is 0 Å². The highest BCUT2D eigenvalue weighted by Crippen LogP contribution is 2.17. The summed E-state index contributed by atoms with van der Waals surface area (Å²) in [5.74, 6) is 0.896. The van der Waals surface area contributed by atoms with Gasteiger partial charge in [0, 0.05) is 18.6 Å². The zero-order chi connectivity index (χ0) is 12.8. The predicted octanol–water partition coefficient (Wildman–Crippen LogP) is 2.47. The van der Waals surface area contributed by atoms with E-state index < -0.39 is 0 Å². The standard InChI is InChI=1S/C14H24N2O/c1-10(2)16-9-14(15)12-5-7-13(8-6-12)17-11(3)4/h5-8,10-11,14,16H,9,15H2,1-4H3. The summed E-state index contributed by atoms with van der Waals surface area (Å²) in [5.41, 5.74) is 7.22. The molecule has 0 aliphatic carbocycles. The molecule has 0 saturated carbocycles. The molecule has 17 heavy (non-hydrogen) atoms. The second-order valence-electron chi connectivity index (χ2n) is 4.91. The first kappa shape index (κ1) is 14.0. The molecule has 0 aromatic heterocycles. The van der Waals surface area contributed by atoms with Gasteiger partial charge in [-0.25, -0.2) is 0 Å². The second-order valence-corrected chi connectivity index (χ2v) is 4.91. The first-order chi connectivity index (χ1) is 7.99. The maximum absolute atomic E-state index is 6.09. The van der Waals surface area contributed by atoms with Crippen molar-refractivity contribution < 1.29 is 4.74 Å². The molecule has 0 radical (unpaired) electrons. The largest absolute Gasteiger partial charge is 0.491 e. The fourth-order valence-electron chi connectivity index (χ4n) is 1.55. The molecule has 0 aliphatic rings. The minimum Gasteiger partial charge on any atom is -0.491 e. The van der Waals surface area contributed by atoms with Crippen molar-refractivity contribution >= 4 is 0 Å². The van der Waals surface area contributed by atoms with E-state index in [4.69, 9.17) is 10.5 Å². The Labute approximate surface area is 104 Å². The van der Waals surface area contributed by atoms with Crippen LogP contribution < -0.4 is 15.8 Å². The molecule has 1 aromatic carbocycles. The molecule has 0 amide bonds. The van der Waals surface area contributed by atoms with Gasteiger partial charge < -0.3 is 15.8 Å². The highest BCUT2D eigenvalue weighted by Gasteiger charge is 2.06. The monoisotopic (exact) mass is 236 g/mol. The molecular weight excluding hydrogens is 212 g/mol. The lowest BCUT2D eigenvalue weighted by Crippen LogP contribution is -2.31. The Morgan fingerprint density at radius 2 is 1.71 bits per heavy atom. The SMILES string of the molecule is CC(C)NCC(N)c1ccc(OC(C)C)cc1. The van der Waals surface area contributed by atoms with Crippen molar-refractivity contribution in [3.63, 3.8) is 0 Å². The Kier molecular flexibility index (Phi) is 5.45. The Morgan fingerprint density at radius 3 is 2.18 bits per heavy atom. The van der Waals surface area contributed by atoms with E-state index in [2.05, 4.69) is 19.2 Å². The molecule has 0 bridgehead atoms. The Morgan fingerprint density at radius 1 is 1.12 bits per heavy atom. The summed E-state index contributed by atoms with van der Waals surface area (Å²) in [7, 11) is 0. The van der Waals surface area contributed by atoms with Crippen molar-refractivity contribution in [3.05, 3.63) is 29.8 Å². The number of ether oxygens (including phenoxy) is 1. The smallest absolute Gasteiger partial charge is 0.119 e. The van der Waals surface area contributed by atoms with Crippen molar-refractivity contribution in [2.45, 2.75) is 45.9 Å². The Hall–Kier alpha value is -1.06. The van der Waals surface area contributed by atoms with Crippen molar-refractivity contribution in [3.8, 4) is 5.75 Å². The first-order valence-corrected chi connectivity index (χ1v) is 6.24. The number of hydrogen-bond donors (Lipinski definition) is 2. The van der Waals surface area contributed by atoms with E-state index in [0.29, 0.717) is 6.04 Å². The van der Waals surface area contributed by atoms with Crippen molar-refractivity contribution in [2.75, 3.05) is 6.54 Å². The second kappa shape index (κ2) is 6.62. The molecule has 96 valence electrons. The average molecular weight is 236 g/mol. The Balaban J connectivity index is 2.54. The quantitative estimate of drug-likeness (QED) is 0.797. The van der Waals surface area contributed by atoms with E-state index in [9.17, 15) is 0 Å². The van der Waals surface area contributed by atoms with Gasteiger partial charge in [-0.3, -0.25) is 0 Å². The van der Waals surface area contributed by atoms with Crippen LogP contribution in [0.25, 0.3) is 0 Å². The van der Waals surface area contributed by atoms with Gasteiger partial charge in [0.2, 0.25) is 0 Å². The molecule has 3 heteroatoms. The van der Waals surface area contributed by atoms with E-state index >= 15 is 0 Å². The van der Waals surface area contributed by atoms with Crippen LogP contribution in [0.4, 0.5) is 0 Å². The number of hydrogen-bond acceptors (Lipinski definition) is 3. The van der Waals surface area contributed by atoms with Gasteiger partial charge in [0.1, 0.15) is 5.75 Å². The summed E-state index contributed by atoms with van der Waals surface area (Å²) < 4.78 is 5.59. The van der Waals surface area contributed by atoms with E-state index in [1.165, 1.54) is 0 Å². The van der Waals surface area contributed by atoms with Gasteiger partial charge in [0.15, 0.2) is 0 Å². The number of benzene rings is 1. The molecule has 1 rings (SSSR count). The van der Waals surface area contributed by atoms with Crippen LogP contribution in [0, 0.1) is 0 Å². The van der Waals surface area contributed by atoms with Crippen LogP contribution in [0.15, 0.2) is 24.3 Å². The third kappa shape index (κ3) is 5.20. The van der Waals surface area contributed by atoms with Gasteiger partial charge >= 0.3 is 0 Å². The van der Waals surface area contributed by atoms with Gasteiger partial charge in [0.05, 0.1) is 6.10 Å². The van der Waals surface area contributed by atoms with E-state index in [0.717, 1.165) is 17.9 Å². The zero-order valence-electron chi connectivity index (χ0n) is 11.2.